The Kier molecular flexibility index (Phi) is 8.34. The van der Waals surface area contributed by atoms with Crippen molar-refractivity contribution < 1.29 is 9.53 Å². The molecule has 0 atom stereocenters. The summed E-state index contributed by atoms with van der Waals surface area (Å²) in [5.41, 5.74) is 6.35. The molecule has 2 aliphatic heterocycles. The van der Waals surface area contributed by atoms with E-state index in [1.54, 1.807) is 6.07 Å². The van der Waals surface area contributed by atoms with Crippen molar-refractivity contribution in [1.29, 1.82) is 0 Å². The molecular formula is C33H42N8O2. The van der Waals surface area contributed by atoms with Crippen molar-refractivity contribution in [2.45, 2.75) is 20.4 Å². The molecule has 43 heavy (non-hydrogen) atoms. The Morgan fingerprint density at radius 2 is 1.56 bits per heavy atom. The molecule has 2 fully saturated rings. The van der Waals surface area contributed by atoms with Crippen LogP contribution in [0.1, 0.15) is 27.0 Å². The first kappa shape index (κ1) is 29.1. The number of hydrogen-bond acceptors (Lipinski definition) is 8. The summed E-state index contributed by atoms with van der Waals surface area (Å²) in [5.74, 6) is 1.57. The maximum absolute atomic E-state index is 13.4. The van der Waals surface area contributed by atoms with Crippen molar-refractivity contribution in [2.75, 3.05) is 76.7 Å². The highest BCUT2D eigenvalue weighted by molar-refractivity contribution is 6.04. The molecule has 10 heteroatoms. The van der Waals surface area contributed by atoms with Crippen LogP contribution in [-0.2, 0) is 13.6 Å². The van der Waals surface area contributed by atoms with Gasteiger partial charge < -0.3 is 29.3 Å². The summed E-state index contributed by atoms with van der Waals surface area (Å²) in [7, 11) is 6.26. The van der Waals surface area contributed by atoms with Crippen molar-refractivity contribution >= 4 is 28.6 Å². The van der Waals surface area contributed by atoms with Gasteiger partial charge in [0.1, 0.15) is 11.3 Å². The number of likely N-dealkylation sites (N-methyl/N-ethyl adjacent to an activating group) is 2. The van der Waals surface area contributed by atoms with E-state index in [2.05, 4.69) is 58.1 Å². The molecule has 10 nitrogen and oxygen atoms in total. The Morgan fingerprint density at radius 1 is 0.837 bits per heavy atom. The van der Waals surface area contributed by atoms with E-state index in [0.29, 0.717) is 23.1 Å². The van der Waals surface area contributed by atoms with E-state index in [0.717, 1.165) is 81.2 Å². The summed E-state index contributed by atoms with van der Waals surface area (Å²) in [4.78, 5) is 32.4. The van der Waals surface area contributed by atoms with E-state index in [1.165, 1.54) is 11.1 Å². The Labute approximate surface area is 253 Å². The Hall–Kier alpha value is -3.99. The van der Waals surface area contributed by atoms with Crippen LogP contribution in [0.2, 0.25) is 0 Å². The molecule has 226 valence electrons. The molecule has 2 aliphatic rings. The van der Waals surface area contributed by atoms with Gasteiger partial charge in [0.05, 0.1) is 5.52 Å². The molecule has 4 aromatic rings. The Morgan fingerprint density at radius 3 is 2.28 bits per heavy atom. The van der Waals surface area contributed by atoms with E-state index in [-0.39, 0.29) is 5.91 Å². The third-order valence-electron chi connectivity index (χ3n) is 8.71. The number of ether oxygens (including phenoxy) is 1. The minimum Gasteiger partial charge on any atom is -0.437 e. The highest BCUT2D eigenvalue weighted by atomic mass is 16.5. The molecular weight excluding hydrogens is 540 g/mol. The number of hydrogen-bond donors (Lipinski definition) is 1. The molecule has 0 aliphatic carbocycles. The van der Waals surface area contributed by atoms with Gasteiger partial charge in [-0.15, -0.1) is 0 Å². The third kappa shape index (κ3) is 6.51. The number of amides is 1. The largest absolute Gasteiger partial charge is 0.437 e. The molecule has 0 spiro atoms. The van der Waals surface area contributed by atoms with Crippen LogP contribution < -0.4 is 15.0 Å². The normalized spacial score (nSPS) is 17.0. The lowest BCUT2D eigenvalue weighted by Crippen LogP contribution is -2.45. The first-order chi connectivity index (χ1) is 20.7. The number of nitrogens with zero attached hydrogens (tertiary/aromatic N) is 7. The number of benzene rings is 2. The van der Waals surface area contributed by atoms with Gasteiger partial charge in [0.25, 0.3) is 5.91 Å². The Balaban J connectivity index is 1.19. The van der Waals surface area contributed by atoms with Gasteiger partial charge in [-0.25, -0.2) is 4.98 Å². The molecule has 2 saturated heterocycles. The summed E-state index contributed by atoms with van der Waals surface area (Å²) >= 11 is 0. The molecule has 4 heterocycles. The topological polar surface area (TPSA) is 82.0 Å². The van der Waals surface area contributed by atoms with Crippen molar-refractivity contribution in [1.82, 2.24) is 29.2 Å². The van der Waals surface area contributed by atoms with Crippen LogP contribution in [0, 0.1) is 13.8 Å². The second-order valence-corrected chi connectivity index (χ2v) is 12.0. The first-order valence-electron chi connectivity index (χ1n) is 15.1. The minimum atomic E-state index is -0.180. The SMILES string of the molecule is Cc1cc(NC(=O)c2ccc(C)c(Oc3nc(N4CCN(C)CC4)nc4ccn(C)c34)c2)ccc1CN1CCN(C)CC1. The van der Waals surface area contributed by atoms with Gasteiger partial charge in [-0.3, -0.25) is 9.69 Å². The monoisotopic (exact) mass is 582 g/mol. The van der Waals surface area contributed by atoms with Crippen LogP contribution in [0.15, 0.2) is 48.7 Å². The van der Waals surface area contributed by atoms with Gasteiger partial charge in [-0.1, -0.05) is 12.1 Å². The predicted octanol–water partition coefficient (Wildman–Crippen LogP) is 4.13. The van der Waals surface area contributed by atoms with Crippen LogP contribution in [0.5, 0.6) is 11.6 Å². The highest BCUT2D eigenvalue weighted by Gasteiger charge is 2.22. The molecule has 0 radical (unpaired) electrons. The maximum Gasteiger partial charge on any atom is 0.255 e. The first-order valence-corrected chi connectivity index (χ1v) is 15.1. The van der Waals surface area contributed by atoms with E-state index in [1.807, 2.05) is 49.0 Å². The number of anilines is 2. The maximum atomic E-state index is 13.4. The quantitative estimate of drug-likeness (QED) is 0.349. The van der Waals surface area contributed by atoms with Gasteiger partial charge in [0.2, 0.25) is 11.8 Å². The fourth-order valence-electron chi connectivity index (χ4n) is 5.72. The number of nitrogens with one attached hydrogen (secondary N) is 1. The summed E-state index contributed by atoms with van der Waals surface area (Å²) < 4.78 is 8.44. The minimum absolute atomic E-state index is 0.180. The van der Waals surface area contributed by atoms with E-state index in [9.17, 15) is 4.79 Å². The van der Waals surface area contributed by atoms with Crippen molar-refractivity contribution in [3.05, 3.63) is 70.9 Å². The number of aromatic nitrogens is 3. The number of aryl methyl sites for hydroxylation is 3. The molecule has 6 rings (SSSR count). The summed E-state index contributed by atoms with van der Waals surface area (Å²) in [6, 6.07) is 13.7. The van der Waals surface area contributed by atoms with Gasteiger partial charge in [0.15, 0.2) is 0 Å². The van der Waals surface area contributed by atoms with E-state index in [4.69, 9.17) is 14.7 Å². The van der Waals surface area contributed by atoms with Crippen LogP contribution in [0.3, 0.4) is 0 Å². The molecule has 2 aromatic heterocycles. The van der Waals surface area contributed by atoms with Gasteiger partial charge in [-0.2, -0.15) is 4.98 Å². The summed E-state index contributed by atoms with van der Waals surface area (Å²) in [6.45, 7) is 13.0. The van der Waals surface area contributed by atoms with Gasteiger partial charge >= 0.3 is 0 Å². The van der Waals surface area contributed by atoms with Gasteiger partial charge in [-0.05, 0) is 75.0 Å². The molecule has 1 amide bonds. The lowest BCUT2D eigenvalue weighted by molar-refractivity contribution is 0.102. The number of carbonyl (C=O) groups excluding carboxylic acids is 1. The number of rotatable bonds is 7. The molecule has 0 bridgehead atoms. The predicted molar refractivity (Wildman–Crippen MR) is 171 cm³/mol. The van der Waals surface area contributed by atoms with Crippen molar-refractivity contribution in [3.8, 4) is 11.6 Å². The van der Waals surface area contributed by atoms with E-state index >= 15 is 0 Å². The fraction of sp³-hybridized carbons (Fsp3) is 0.424. The average molecular weight is 583 g/mol. The van der Waals surface area contributed by atoms with E-state index < -0.39 is 0 Å². The van der Waals surface area contributed by atoms with Crippen molar-refractivity contribution in [2.24, 2.45) is 7.05 Å². The average Bonchev–Trinajstić information content (AvgIpc) is 3.37. The standard InChI is InChI=1S/C33H42N8O2/c1-23-6-7-25(31(42)34-27-9-8-26(24(2)20-27)22-40-16-12-37(3)13-17-40)21-29(23)43-32-30-28(10-11-39(30)5)35-33(36-32)41-18-14-38(4)15-19-41/h6-11,20-21H,12-19,22H2,1-5H3,(H,34,42). The molecule has 2 aromatic carbocycles. The zero-order valence-corrected chi connectivity index (χ0v) is 25.9. The van der Waals surface area contributed by atoms with Gasteiger partial charge in [0, 0.05) is 83.4 Å². The smallest absolute Gasteiger partial charge is 0.255 e. The lowest BCUT2D eigenvalue weighted by atomic mass is 10.1. The molecule has 0 saturated carbocycles. The Bertz CT molecular complexity index is 1620. The summed E-state index contributed by atoms with van der Waals surface area (Å²) in [6.07, 6.45) is 1.97. The molecule has 1 N–H and O–H groups in total. The second-order valence-electron chi connectivity index (χ2n) is 12.0. The lowest BCUT2D eigenvalue weighted by Gasteiger charge is -2.32. The van der Waals surface area contributed by atoms with Crippen molar-refractivity contribution in [3.63, 3.8) is 0 Å². The number of carbonyl (C=O) groups is 1. The highest BCUT2D eigenvalue weighted by Crippen LogP contribution is 2.32. The summed E-state index contributed by atoms with van der Waals surface area (Å²) in [5, 5.41) is 3.08. The van der Waals surface area contributed by atoms with Crippen LogP contribution in [0.4, 0.5) is 11.6 Å². The number of piperazine rings is 2. The third-order valence-corrected chi connectivity index (χ3v) is 8.71. The van der Waals surface area contributed by atoms with Crippen LogP contribution in [0.25, 0.3) is 11.0 Å². The fourth-order valence-corrected chi connectivity index (χ4v) is 5.72. The second kappa shape index (κ2) is 12.3. The van der Waals surface area contributed by atoms with Crippen LogP contribution in [-0.4, -0.2) is 102 Å². The zero-order valence-electron chi connectivity index (χ0n) is 25.9. The number of fused-ring (bicyclic) bond motifs is 1. The van der Waals surface area contributed by atoms with Crippen LogP contribution >= 0.6 is 0 Å². The zero-order chi connectivity index (χ0) is 30.1. The molecule has 0 unspecified atom stereocenters.